The summed E-state index contributed by atoms with van der Waals surface area (Å²) in [6.45, 7) is 10.8. The van der Waals surface area contributed by atoms with E-state index in [2.05, 4.69) is 32.7 Å². The van der Waals surface area contributed by atoms with Gasteiger partial charge in [-0.3, -0.25) is 0 Å². The van der Waals surface area contributed by atoms with Gasteiger partial charge in [-0.2, -0.15) is 0 Å². The Hall–Kier alpha value is -0.410. The lowest BCUT2D eigenvalue weighted by atomic mass is 9.91. The molecule has 3 heteroatoms. The molecule has 0 amide bonds. The number of hydrogen-bond acceptors (Lipinski definition) is 3. The van der Waals surface area contributed by atoms with Crippen LogP contribution in [0, 0.1) is 25.7 Å². The number of nitrogens with zero attached hydrogens (tertiary/aromatic N) is 1. The molecule has 0 fully saturated rings. The van der Waals surface area contributed by atoms with Crippen molar-refractivity contribution in [3.63, 3.8) is 0 Å². The number of rotatable bonds is 3. The number of aromatic nitrogens is 1. The van der Waals surface area contributed by atoms with Gasteiger partial charge in [-0.15, -0.1) is 11.3 Å². The second-order valence-electron chi connectivity index (χ2n) is 4.32. The summed E-state index contributed by atoms with van der Waals surface area (Å²) < 4.78 is 0. The summed E-state index contributed by atoms with van der Waals surface area (Å²) in [5.41, 5.74) is 7.29. The maximum absolute atomic E-state index is 6.17. The Morgan fingerprint density at radius 2 is 1.79 bits per heavy atom. The lowest BCUT2D eigenvalue weighted by molar-refractivity contribution is 0.351. The van der Waals surface area contributed by atoms with Crippen molar-refractivity contribution in [1.29, 1.82) is 0 Å². The topological polar surface area (TPSA) is 38.9 Å². The summed E-state index contributed by atoms with van der Waals surface area (Å²) in [6.07, 6.45) is 0. The Bertz CT molecular complexity index is 285. The van der Waals surface area contributed by atoms with Gasteiger partial charge in [-0.05, 0) is 25.7 Å². The zero-order valence-electron chi connectivity index (χ0n) is 9.66. The summed E-state index contributed by atoms with van der Waals surface area (Å²) in [7, 11) is 0. The molecule has 0 spiro atoms. The molecule has 0 aliphatic heterocycles. The van der Waals surface area contributed by atoms with Crippen molar-refractivity contribution in [3.8, 4) is 0 Å². The molecule has 1 heterocycles. The van der Waals surface area contributed by atoms with E-state index in [4.69, 9.17) is 5.73 Å². The van der Waals surface area contributed by atoms with Gasteiger partial charge >= 0.3 is 0 Å². The van der Waals surface area contributed by atoms with Gasteiger partial charge in [0.1, 0.15) is 5.01 Å². The summed E-state index contributed by atoms with van der Waals surface area (Å²) >= 11 is 1.73. The first-order valence-corrected chi connectivity index (χ1v) is 5.94. The molecule has 0 saturated heterocycles. The highest BCUT2D eigenvalue weighted by Crippen LogP contribution is 2.29. The average Bonchev–Trinajstić information content (AvgIpc) is 2.44. The monoisotopic (exact) mass is 212 g/mol. The largest absolute Gasteiger partial charge is 0.322 e. The third-order valence-electron chi connectivity index (χ3n) is 2.95. The normalized spacial score (nSPS) is 15.9. The summed E-state index contributed by atoms with van der Waals surface area (Å²) in [5, 5.41) is 1.08. The van der Waals surface area contributed by atoms with E-state index in [0.29, 0.717) is 11.8 Å². The fraction of sp³-hybridized carbons (Fsp3) is 0.727. The van der Waals surface area contributed by atoms with Crippen LogP contribution in [-0.4, -0.2) is 4.98 Å². The van der Waals surface area contributed by atoms with Gasteiger partial charge < -0.3 is 5.73 Å². The van der Waals surface area contributed by atoms with Crippen LogP contribution in [0.4, 0.5) is 0 Å². The lowest BCUT2D eigenvalue weighted by Gasteiger charge is -2.21. The summed E-state index contributed by atoms with van der Waals surface area (Å²) in [5.74, 6) is 1.09. The molecule has 1 aromatic heterocycles. The van der Waals surface area contributed by atoms with Gasteiger partial charge in [0, 0.05) is 4.88 Å². The Balaban J connectivity index is 2.83. The molecule has 0 aromatic carbocycles. The molecule has 80 valence electrons. The van der Waals surface area contributed by atoms with E-state index in [0.717, 1.165) is 10.7 Å². The van der Waals surface area contributed by atoms with E-state index >= 15 is 0 Å². The zero-order valence-corrected chi connectivity index (χ0v) is 10.5. The van der Waals surface area contributed by atoms with Gasteiger partial charge in [0.2, 0.25) is 0 Å². The van der Waals surface area contributed by atoms with Gasteiger partial charge in [0.15, 0.2) is 0 Å². The van der Waals surface area contributed by atoms with Crippen molar-refractivity contribution >= 4 is 11.3 Å². The Morgan fingerprint density at radius 1 is 1.21 bits per heavy atom. The molecule has 0 saturated carbocycles. The highest BCUT2D eigenvalue weighted by Gasteiger charge is 2.21. The molecule has 1 aromatic rings. The van der Waals surface area contributed by atoms with E-state index in [1.54, 1.807) is 11.3 Å². The highest BCUT2D eigenvalue weighted by atomic mass is 32.1. The smallest absolute Gasteiger partial charge is 0.110 e. The molecule has 0 bridgehead atoms. The van der Waals surface area contributed by atoms with Crippen LogP contribution in [-0.2, 0) is 0 Å². The van der Waals surface area contributed by atoms with E-state index in [1.165, 1.54) is 4.88 Å². The maximum atomic E-state index is 6.17. The molecule has 2 N–H and O–H groups in total. The fourth-order valence-electron chi connectivity index (χ4n) is 1.28. The quantitative estimate of drug-likeness (QED) is 0.836. The Kier molecular flexibility index (Phi) is 3.67. The van der Waals surface area contributed by atoms with Crippen LogP contribution in [0.25, 0.3) is 0 Å². The second-order valence-corrected chi connectivity index (χ2v) is 5.56. The van der Waals surface area contributed by atoms with E-state index in [1.807, 2.05) is 6.92 Å². The molecule has 2 unspecified atom stereocenters. The van der Waals surface area contributed by atoms with Crippen LogP contribution in [0.2, 0.25) is 0 Å². The molecule has 1 rings (SSSR count). The van der Waals surface area contributed by atoms with E-state index in [9.17, 15) is 0 Å². The van der Waals surface area contributed by atoms with Crippen molar-refractivity contribution in [3.05, 3.63) is 15.6 Å². The van der Waals surface area contributed by atoms with Crippen molar-refractivity contribution in [2.24, 2.45) is 17.6 Å². The first-order chi connectivity index (χ1) is 6.43. The van der Waals surface area contributed by atoms with Crippen molar-refractivity contribution in [2.45, 2.75) is 40.7 Å². The highest BCUT2D eigenvalue weighted by molar-refractivity contribution is 7.11. The van der Waals surface area contributed by atoms with E-state index < -0.39 is 0 Å². The second kappa shape index (κ2) is 4.41. The maximum Gasteiger partial charge on any atom is 0.110 e. The third kappa shape index (κ3) is 2.34. The summed E-state index contributed by atoms with van der Waals surface area (Å²) in [4.78, 5) is 5.79. The predicted molar refractivity (Wildman–Crippen MR) is 62.5 cm³/mol. The molecular weight excluding hydrogens is 192 g/mol. The minimum Gasteiger partial charge on any atom is -0.322 e. The van der Waals surface area contributed by atoms with E-state index in [-0.39, 0.29) is 6.04 Å². The van der Waals surface area contributed by atoms with Crippen LogP contribution >= 0.6 is 11.3 Å². The van der Waals surface area contributed by atoms with Crippen molar-refractivity contribution < 1.29 is 0 Å². The lowest BCUT2D eigenvalue weighted by Crippen LogP contribution is -2.22. The van der Waals surface area contributed by atoms with Crippen LogP contribution in [0.1, 0.15) is 42.4 Å². The zero-order chi connectivity index (χ0) is 10.9. The average molecular weight is 212 g/mol. The molecular formula is C11H20N2S. The number of hydrogen-bond donors (Lipinski definition) is 1. The van der Waals surface area contributed by atoms with Crippen molar-refractivity contribution in [1.82, 2.24) is 4.98 Å². The van der Waals surface area contributed by atoms with Crippen LogP contribution in [0.15, 0.2) is 0 Å². The molecule has 2 atom stereocenters. The van der Waals surface area contributed by atoms with Crippen LogP contribution < -0.4 is 5.73 Å². The summed E-state index contributed by atoms with van der Waals surface area (Å²) in [6, 6.07) is 0.0902. The van der Waals surface area contributed by atoms with Crippen LogP contribution in [0.3, 0.4) is 0 Å². The molecule has 0 aliphatic carbocycles. The number of nitrogens with two attached hydrogens (primary N) is 1. The van der Waals surface area contributed by atoms with Crippen molar-refractivity contribution in [2.75, 3.05) is 0 Å². The standard InChI is InChI=1S/C11H20N2S/c1-6(2)7(3)10(12)11-13-8(4)9(5)14-11/h6-7,10H,12H2,1-5H3. The molecule has 14 heavy (non-hydrogen) atoms. The number of aryl methyl sites for hydroxylation is 2. The van der Waals surface area contributed by atoms with Gasteiger partial charge in [-0.25, -0.2) is 4.98 Å². The first kappa shape index (κ1) is 11.7. The Labute approximate surface area is 90.6 Å². The van der Waals surface area contributed by atoms with Crippen LogP contribution in [0.5, 0.6) is 0 Å². The van der Waals surface area contributed by atoms with Gasteiger partial charge in [-0.1, -0.05) is 20.8 Å². The Morgan fingerprint density at radius 3 is 2.14 bits per heavy atom. The third-order valence-corrected chi connectivity index (χ3v) is 4.12. The van der Waals surface area contributed by atoms with Gasteiger partial charge in [0.05, 0.1) is 11.7 Å². The molecule has 0 aliphatic rings. The molecule has 0 radical (unpaired) electrons. The number of thiazole rings is 1. The first-order valence-electron chi connectivity index (χ1n) is 5.13. The van der Waals surface area contributed by atoms with Gasteiger partial charge in [0.25, 0.3) is 0 Å². The molecule has 2 nitrogen and oxygen atoms in total. The SMILES string of the molecule is Cc1nc(C(N)C(C)C(C)C)sc1C. The fourth-order valence-corrected chi connectivity index (χ4v) is 2.32. The predicted octanol–water partition coefficient (Wildman–Crippen LogP) is 3.05. The minimum atomic E-state index is 0.0902. The minimum absolute atomic E-state index is 0.0902.